The Bertz CT molecular complexity index is 1210. The van der Waals surface area contributed by atoms with E-state index in [1.165, 1.54) is 5.56 Å². The molecule has 0 spiro atoms. The lowest BCUT2D eigenvalue weighted by molar-refractivity contribution is -0.129. The van der Waals surface area contributed by atoms with Gasteiger partial charge in [-0.1, -0.05) is 42.0 Å². The molecule has 0 unspecified atom stereocenters. The van der Waals surface area contributed by atoms with Crippen LogP contribution in [0.5, 0.6) is 0 Å². The van der Waals surface area contributed by atoms with Crippen molar-refractivity contribution in [3.63, 3.8) is 0 Å². The quantitative estimate of drug-likeness (QED) is 0.426. The second-order valence-corrected chi connectivity index (χ2v) is 8.69. The molecular weight excluding hydrogens is 404 g/mol. The van der Waals surface area contributed by atoms with E-state index in [4.69, 9.17) is 0 Å². The van der Waals surface area contributed by atoms with Crippen LogP contribution in [0.25, 0.3) is 16.3 Å². The first kappa shape index (κ1) is 21.0. The number of carbonyl (C=O) groups is 1. The van der Waals surface area contributed by atoms with Gasteiger partial charge in [0, 0.05) is 35.8 Å². The Morgan fingerprint density at radius 1 is 1.06 bits per heavy atom. The standard InChI is InChI=1S/C25H26N4OS/c1-17-9-8-10-20(13-17)25-26-21(16-31-25)14-24(30)28(4)15-23-18(2)27-29(19(23)3)22-11-6-5-7-12-22/h5-13,16H,14-15H2,1-4H3. The lowest BCUT2D eigenvalue weighted by Crippen LogP contribution is -2.28. The van der Waals surface area contributed by atoms with Gasteiger partial charge in [0.05, 0.1) is 23.5 Å². The van der Waals surface area contributed by atoms with Gasteiger partial charge in [0.25, 0.3) is 0 Å². The molecule has 0 aliphatic rings. The fraction of sp³-hybridized carbons (Fsp3) is 0.240. The van der Waals surface area contributed by atoms with Crippen molar-refractivity contribution < 1.29 is 4.79 Å². The molecule has 1 amide bonds. The second kappa shape index (κ2) is 8.86. The first-order valence-corrected chi connectivity index (χ1v) is 11.2. The summed E-state index contributed by atoms with van der Waals surface area (Å²) < 4.78 is 1.94. The number of aromatic nitrogens is 3. The van der Waals surface area contributed by atoms with Crippen molar-refractivity contribution in [1.29, 1.82) is 0 Å². The van der Waals surface area contributed by atoms with Crippen LogP contribution in [0.4, 0.5) is 0 Å². The van der Waals surface area contributed by atoms with E-state index in [1.807, 2.05) is 60.4 Å². The predicted molar refractivity (Wildman–Crippen MR) is 126 cm³/mol. The number of para-hydroxylation sites is 1. The van der Waals surface area contributed by atoms with E-state index in [1.54, 1.807) is 16.2 Å². The zero-order valence-electron chi connectivity index (χ0n) is 18.3. The molecule has 0 saturated carbocycles. The minimum atomic E-state index is 0.0485. The third-order valence-electron chi connectivity index (χ3n) is 5.41. The molecule has 0 aliphatic carbocycles. The van der Waals surface area contributed by atoms with Gasteiger partial charge in [-0.05, 0) is 39.0 Å². The molecule has 0 N–H and O–H groups in total. The number of aryl methyl sites for hydroxylation is 2. The summed E-state index contributed by atoms with van der Waals surface area (Å²) in [5.41, 5.74) is 7.21. The molecular formula is C25H26N4OS. The van der Waals surface area contributed by atoms with Crippen LogP contribution in [0.3, 0.4) is 0 Å². The largest absolute Gasteiger partial charge is 0.341 e. The summed E-state index contributed by atoms with van der Waals surface area (Å²) in [6.07, 6.45) is 0.295. The average Bonchev–Trinajstić information content (AvgIpc) is 3.34. The van der Waals surface area contributed by atoms with Gasteiger partial charge in [-0.15, -0.1) is 11.3 Å². The van der Waals surface area contributed by atoms with Gasteiger partial charge in [-0.2, -0.15) is 5.10 Å². The summed E-state index contributed by atoms with van der Waals surface area (Å²) in [5.74, 6) is 0.0485. The SMILES string of the molecule is Cc1cccc(-c2nc(CC(=O)N(C)Cc3c(C)nn(-c4ccccc4)c3C)cs2)c1. The van der Waals surface area contributed by atoms with Crippen molar-refractivity contribution in [3.8, 4) is 16.3 Å². The third-order valence-corrected chi connectivity index (χ3v) is 6.35. The molecule has 0 atom stereocenters. The smallest absolute Gasteiger partial charge is 0.228 e. The summed E-state index contributed by atoms with van der Waals surface area (Å²) in [5, 5.41) is 7.62. The molecule has 2 aromatic carbocycles. The predicted octanol–water partition coefficient (Wildman–Crippen LogP) is 5.12. The second-order valence-electron chi connectivity index (χ2n) is 7.84. The Labute approximate surface area is 187 Å². The summed E-state index contributed by atoms with van der Waals surface area (Å²) in [6.45, 7) is 6.64. The van der Waals surface area contributed by atoms with Gasteiger partial charge in [-0.3, -0.25) is 4.79 Å². The van der Waals surface area contributed by atoms with E-state index in [0.717, 1.165) is 38.9 Å². The third kappa shape index (κ3) is 4.59. The van der Waals surface area contributed by atoms with E-state index in [-0.39, 0.29) is 5.91 Å². The van der Waals surface area contributed by atoms with Crippen molar-refractivity contribution in [2.45, 2.75) is 33.7 Å². The Kier molecular flexibility index (Phi) is 6.00. The van der Waals surface area contributed by atoms with Crippen LogP contribution >= 0.6 is 11.3 Å². The highest BCUT2D eigenvalue weighted by molar-refractivity contribution is 7.13. The first-order chi connectivity index (χ1) is 14.9. The number of hydrogen-bond donors (Lipinski definition) is 0. The summed E-state index contributed by atoms with van der Waals surface area (Å²) in [6, 6.07) is 18.3. The van der Waals surface area contributed by atoms with Crippen LogP contribution in [0.2, 0.25) is 0 Å². The van der Waals surface area contributed by atoms with Gasteiger partial charge >= 0.3 is 0 Å². The number of carbonyl (C=O) groups excluding carboxylic acids is 1. The van der Waals surface area contributed by atoms with Crippen LogP contribution in [-0.4, -0.2) is 32.6 Å². The van der Waals surface area contributed by atoms with Crippen molar-refractivity contribution in [2.75, 3.05) is 7.05 Å². The first-order valence-electron chi connectivity index (χ1n) is 10.3. The van der Waals surface area contributed by atoms with Gasteiger partial charge in [-0.25, -0.2) is 9.67 Å². The summed E-state index contributed by atoms with van der Waals surface area (Å²) >= 11 is 1.58. The molecule has 158 valence electrons. The van der Waals surface area contributed by atoms with Gasteiger partial charge in [0.15, 0.2) is 0 Å². The number of thiazole rings is 1. The number of hydrogen-bond acceptors (Lipinski definition) is 4. The lowest BCUT2D eigenvalue weighted by atomic mass is 10.1. The maximum atomic E-state index is 12.9. The monoisotopic (exact) mass is 430 g/mol. The zero-order valence-corrected chi connectivity index (χ0v) is 19.1. The molecule has 4 aromatic rings. The minimum absolute atomic E-state index is 0.0485. The van der Waals surface area contributed by atoms with Crippen LogP contribution in [0.15, 0.2) is 60.0 Å². The summed E-state index contributed by atoms with van der Waals surface area (Å²) in [4.78, 5) is 19.3. The number of amides is 1. The van der Waals surface area contributed by atoms with Crippen molar-refractivity contribution >= 4 is 17.2 Å². The van der Waals surface area contributed by atoms with Gasteiger partial charge in [0.1, 0.15) is 5.01 Å². The normalized spacial score (nSPS) is 11.0. The minimum Gasteiger partial charge on any atom is -0.341 e. The van der Waals surface area contributed by atoms with Crippen molar-refractivity contribution in [2.24, 2.45) is 0 Å². The van der Waals surface area contributed by atoms with Gasteiger partial charge in [0.2, 0.25) is 5.91 Å². The molecule has 0 bridgehead atoms. The van der Waals surface area contributed by atoms with Crippen LogP contribution in [-0.2, 0) is 17.8 Å². The van der Waals surface area contributed by atoms with Crippen LogP contribution in [0.1, 0.15) is 28.2 Å². The molecule has 31 heavy (non-hydrogen) atoms. The molecule has 0 aliphatic heterocycles. The Balaban J connectivity index is 1.46. The number of nitrogens with zero attached hydrogens (tertiary/aromatic N) is 4. The number of likely N-dealkylation sites (N-methyl/N-ethyl adjacent to an activating group) is 1. The molecule has 2 aromatic heterocycles. The van der Waals surface area contributed by atoms with Crippen LogP contribution < -0.4 is 0 Å². The fourth-order valence-corrected chi connectivity index (χ4v) is 4.46. The highest BCUT2D eigenvalue weighted by Gasteiger charge is 2.18. The number of rotatable bonds is 6. The van der Waals surface area contributed by atoms with E-state index in [0.29, 0.717) is 13.0 Å². The average molecular weight is 431 g/mol. The highest BCUT2D eigenvalue weighted by Crippen LogP contribution is 2.25. The molecule has 6 heteroatoms. The Morgan fingerprint density at radius 3 is 2.58 bits per heavy atom. The summed E-state index contributed by atoms with van der Waals surface area (Å²) in [7, 11) is 1.84. The molecule has 2 heterocycles. The van der Waals surface area contributed by atoms with E-state index in [9.17, 15) is 4.79 Å². The molecule has 0 fully saturated rings. The Hall–Kier alpha value is -3.25. The maximum absolute atomic E-state index is 12.9. The molecule has 0 radical (unpaired) electrons. The zero-order chi connectivity index (χ0) is 22.0. The maximum Gasteiger partial charge on any atom is 0.228 e. The van der Waals surface area contributed by atoms with Gasteiger partial charge < -0.3 is 4.90 Å². The fourth-order valence-electron chi connectivity index (χ4n) is 3.64. The van der Waals surface area contributed by atoms with E-state index in [2.05, 4.69) is 42.1 Å². The number of benzene rings is 2. The Morgan fingerprint density at radius 2 is 1.84 bits per heavy atom. The van der Waals surface area contributed by atoms with Crippen LogP contribution in [0, 0.1) is 20.8 Å². The lowest BCUT2D eigenvalue weighted by Gasteiger charge is -2.17. The molecule has 4 rings (SSSR count). The van der Waals surface area contributed by atoms with Crippen molar-refractivity contribution in [1.82, 2.24) is 19.7 Å². The topological polar surface area (TPSA) is 51.0 Å². The van der Waals surface area contributed by atoms with E-state index < -0.39 is 0 Å². The molecule has 5 nitrogen and oxygen atoms in total. The highest BCUT2D eigenvalue weighted by atomic mass is 32.1. The molecule has 0 saturated heterocycles. The van der Waals surface area contributed by atoms with E-state index >= 15 is 0 Å². The van der Waals surface area contributed by atoms with Crippen molar-refractivity contribution in [3.05, 3.63) is 88.2 Å².